The first kappa shape index (κ1) is 19.4. The van der Waals surface area contributed by atoms with E-state index in [1.165, 1.54) is 25.0 Å². The van der Waals surface area contributed by atoms with Crippen LogP contribution < -0.4 is 5.32 Å². The van der Waals surface area contributed by atoms with Crippen molar-refractivity contribution in [3.05, 3.63) is 0 Å². The normalized spacial score (nSPS) is 20.4. The summed E-state index contributed by atoms with van der Waals surface area (Å²) in [7, 11) is 1.90. The Labute approximate surface area is 140 Å². The molecule has 0 radical (unpaired) electrons. The maximum Gasteiger partial charge on any atom is 0.193 e. The molecule has 1 fully saturated rings. The minimum absolute atomic E-state index is 0. The van der Waals surface area contributed by atoms with Gasteiger partial charge in [0.1, 0.15) is 0 Å². The quantitative estimate of drug-likeness (QED) is 0.332. The fraction of sp³-hybridized carbons (Fsp3) is 0.929. The number of guanidine groups is 1. The zero-order valence-corrected chi connectivity index (χ0v) is 16.0. The van der Waals surface area contributed by atoms with Crippen molar-refractivity contribution in [3.8, 4) is 0 Å². The number of aliphatic imine (C=N–C) groups is 1. The molecule has 0 aromatic carbocycles. The molecule has 0 spiro atoms. The van der Waals surface area contributed by atoms with E-state index in [-0.39, 0.29) is 24.0 Å². The topological polar surface area (TPSA) is 27.6 Å². The molecule has 1 rings (SSSR count). The first-order chi connectivity index (χ1) is 8.69. The summed E-state index contributed by atoms with van der Waals surface area (Å²) in [5, 5.41) is 4.24. The maximum atomic E-state index is 4.43. The molecule has 5 heteroatoms. The Balaban J connectivity index is 0.00000324. The Morgan fingerprint density at radius 2 is 2.16 bits per heavy atom. The van der Waals surface area contributed by atoms with Gasteiger partial charge in [-0.2, -0.15) is 11.8 Å². The van der Waals surface area contributed by atoms with Crippen molar-refractivity contribution in [2.75, 3.05) is 32.4 Å². The summed E-state index contributed by atoms with van der Waals surface area (Å²) in [4.78, 5) is 6.85. The van der Waals surface area contributed by atoms with Gasteiger partial charge in [-0.3, -0.25) is 4.99 Å². The Hall–Kier alpha value is 0.350. The van der Waals surface area contributed by atoms with Gasteiger partial charge in [-0.15, -0.1) is 24.0 Å². The van der Waals surface area contributed by atoms with Crippen LogP contribution in [0.5, 0.6) is 0 Å². The Bertz CT molecular complexity index is 259. The van der Waals surface area contributed by atoms with Gasteiger partial charge in [0.25, 0.3) is 0 Å². The van der Waals surface area contributed by atoms with E-state index in [1.54, 1.807) is 0 Å². The van der Waals surface area contributed by atoms with Crippen LogP contribution in [0.2, 0.25) is 0 Å². The Kier molecular flexibility index (Phi) is 11.3. The lowest BCUT2D eigenvalue weighted by Crippen LogP contribution is -2.49. The second-order valence-corrected chi connectivity index (χ2v) is 6.63. The number of thioether (sulfide) groups is 1. The van der Waals surface area contributed by atoms with Crippen LogP contribution in [0.3, 0.4) is 0 Å². The van der Waals surface area contributed by atoms with Crippen LogP contribution in [-0.4, -0.2) is 48.5 Å². The minimum Gasteiger partial charge on any atom is -0.356 e. The van der Waals surface area contributed by atoms with Gasteiger partial charge in [0, 0.05) is 37.7 Å². The molecule has 3 nitrogen and oxygen atoms in total. The number of nitrogens with zero attached hydrogens (tertiary/aromatic N) is 2. The zero-order valence-electron chi connectivity index (χ0n) is 12.8. The van der Waals surface area contributed by atoms with Gasteiger partial charge in [-0.25, -0.2) is 0 Å². The van der Waals surface area contributed by atoms with Crippen molar-refractivity contribution in [1.29, 1.82) is 0 Å². The molecule has 1 aliphatic heterocycles. The third kappa shape index (κ3) is 7.06. The molecule has 1 unspecified atom stereocenters. The van der Waals surface area contributed by atoms with E-state index in [4.69, 9.17) is 0 Å². The van der Waals surface area contributed by atoms with Crippen molar-refractivity contribution in [1.82, 2.24) is 10.2 Å². The molecule has 1 atom stereocenters. The Morgan fingerprint density at radius 3 is 2.74 bits per heavy atom. The molecular weight excluding hydrogens is 369 g/mol. The predicted octanol–water partition coefficient (Wildman–Crippen LogP) is 3.44. The van der Waals surface area contributed by atoms with Crippen molar-refractivity contribution >= 4 is 41.7 Å². The standard InChI is InChI=1S/C14H29N3S.HI/c1-5-6-7-8-16-14(15-4)17-9-10-18-13(11-17)12(2)3;/h12-13H,5-11H2,1-4H3,(H,15,16);1H. The van der Waals surface area contributed by atoms with E-state index in [2.05, 4.69) is 47.7 Å². The number of hydrogen-bond donors (Lipinski definition) is 1. The van der Waals surface area contributed by atoms with Crippen molar-refractivity contribution in [2.24, 2.45) is 10.9 Å². The van der Waals surface area contributed by atoms with Gasteiger partial charge < -0.3 is 10.2 Å². The van der Waals surface area contributed by atoms with Crippen LogP contribution in [0.1, 0.15) is 40.0 Å². The first-order valence-electron chi connectivity index (χ1n) is 7.26. The molecule has 114 valence electrons. The van der Waals surface area contributed by atoms with E-state index >= 15 is 0 Å². The molecule has 1 heterocycles. The summed E-state index contributed by atoms with van der Waals surface area (Å²) >= 11 is 2.11. The van der Waals surface area contributed by atoms with Gasteiger partial charge >= 0.3 is 0 Å². The largest absolute Gasteiger partial charge is 0.356 e. The van der Waals surface area contributed by atoms with Gasteiger partial charge in [0.2, 0.25) is 0 Å². The van der Waals surface area contributed by atoms with E-state index < -0.39 is 0 Å². The van der Waals surface area contributed by atoms with Gasteiger partial charge in [0.15, 0.2) is 5.96 Å². The number of hydrogen-bond acceptors (Lipinski definition) is 2. The second kappa shape index (κ2) is 11.1. The second-order valence-electron chi connectivity index (χ2n) is 5.28. The summed E-state index contributed by atoms with van der Waals surface area (Å²) in [6.07, 6.45) is 3.82. The summed E-state index contributed by atoms with van der Waals surface area (Å²) in [5.74, 6) is 3.06. The molecule has 1 N–H and O–H groups in total. The number of unbranched alkanes of at least 4 members (excludes halogenated alkanes) is 2. The molecule has 0 amide bonds. The lowest BCUT2D eigenvalue weighted by atomic mass is 10.1. The summed E-state index contributed by atoms with van der Waals surface area (Å²) in [6, 6.07) is 0. The van der Waals surface area contributed by atoms with E-state index in [9.17, 15) is 0 Å². The predicted molar refractivity (Wildman–Crippen MR) is 99.0 cm³/mol. The van der Waals surface area contributed by atoms with E-state index in [1.807, 2.05) is 7.05 Å². The number of nitrogens with one attached hydrogen (secondary N) is 1. The smallest absolute Gasteiger partial charge is 0.193 e. The van der Waals surface area contributed by atoms with Crippen LogP contribution in [0, 0.1) is 5.92 Å². The van der Waals surface area contributed by atoms with Crippen LogP contribution in [0.15, 0.2) is 4.99 Å². The number of rotatable bonds is 5. The highest BCUT2D eigenvalue weighted by Crippen LogP contribution is 2.24. The average Bonchev–Trinajstić information content (AvgIpc) is 2.39. The number of halogens is 1. The third-order valence-electron chi connectivity index (χ3n) is 3.41. The lowest BCUT2D eigenvalue weighted by Gasteiger charge is -2.36. The van der Waals surface area contributed by atoms with Crippen LogP contribution >= 0.6 is 35.7 Å². The molecule has 1 aliphatic rings. The van der Waals surface area contributed by atoms with Gasteiger partial charge in [-0.05, 0) is 12.3 Å². The first-order valence-corrected chi connectivity index (χ1v) is 8.31. The molecule has 1 saturated heterocycles. The average molecular weight is 399 g/mol. The molecule has 0 aliphatic carbocycles. The fourth-order valence-electron chi connectivity index (χ4n) is 2.18. The van der Waals surface area contributed by atoms with E-state index in [0.29, 0.717) is 0 Å². The van der Waals surface area contributed by atoms with Crippen molar-refractivity contribution in [2.45, 2.75) is 45.3 Å². The van der Waals surface area contributed by atoms with Crippen LogP contribution in [0.25, 0.3) is 0 Å². The molecule has 0 saturated carbocycles. The highest BCUT2D eigenvalue weighted by Gasteiger charge is 2.24. The summed E-state index contributed by atoms with van der Waals surface area (Å²) in [5.41, 5.74) is 0. The van der Waals surface area contributed by atoms with E-state index in [0.717, 1.165) is 36.8 Å². The SMILES string of the molecule is CCCCCNC(=NC)N1CCSC(C(C)C)C1.I. The highest BCUT2D eigenvalue weighted by molar-refractivity contribution is 14.0. The molecular formula is C14H30IN3S. The monoisotopic (exact) mass is 399 g/mol. The van der Waals surface area contributed by atoms with Crippen LogP contribution in [0.4, 0.5) is 0 Å². The maximum absolute atomic E-state index is 4.43. The molecule has 0 aromatic heterocycles. The summed E-state index contributed by atoms with van der Waals surface area (Å²) < 4.78 is 0. The fourth-order valence-corrected chi connectivity index (χ4v) is 3.48. The third-order valence-corrected chi connectivity index (χ3v) is 4.95. The zero-order chi connectivity index (χ0) is 13.4. The van der Waals surface area contributed by atoms with Crippen molar-refractivity contribution < 1.29 is 0 Å². The minimum atomic E-state index is 0. The highest BCUT2D eigenvalue weighted by atomic mass is 127. The molecule has 0 bridgehead atoms. The lowest BCUT2D eigenvalue weighted by molar-refractivity contribution is 0.380. The summed E-state index contributed by atoms with van der Waals surface area (Å²) in [6.45, 7) is 10.2. The van der Waals surface area contributed by atoms with Gasteiger partial charge in [-0.1, -0.05) is 33.6 Å². The van der Waals surface area contributed by atoms with Crippen LogP contribution in [-0.2, 0) is 0 Å². The molecule has 0 aromatic rings. The van der Waals surface area contributed by atoms with Gasteiger partial charge in [0.05, 0.1) is 0 Å². The molecule has 19 heavy (non-hydrogen) atoms. The van der Waals surface area contributed by atoms with Crippen molar-refractivity contribution in [3.63, 3.8) is 0 Å². The Morgan fingerprint density at radius 1 is 1.42 bits per heavy atom.